The fourth-order valence-electron chi connectivity index (χ4n) is 1.36. The molecule has 1 atom stereocenters. The van der Waals surface area contributed by atoms with Gasteiger partial charge >= 0.3 is 10.0 Å². The first-order chi connectivity index (χ1) is 4.81. The van der Waals surface area contributed by atoms with Gasteiger partial charge in [-0.3, -0.25) is 0 Å². The lowest BCUT2D eigenvalue weighted by Crippen LogP contribution is -2.31. The molecule has 66 valence electrons. The highest BCUT2D eigenvalue weighted by atomic mass is 32.2. The molecule has 1 N–H and O–H groups in total. The summed E-state index contributed by atoms with van der Waals surface area (Å²) in [6, 6.07) is 0. The third-order valence-corrected chi connectivity index (χ3v) is 5.99. The van der Waals surface area contributed by atoms with Crippen LogP contribution in [0.1, 0.15) is 13.8 Å². The number of likely N-dealkylation sites (N-methyl/N-ethyl adjacent to an activating group) is 1. The third kappa shape index (κ3) is 0.733. The van der Waals surface area contributed by atoms with Crippen LogP contribution in [0.5, 0.6) is 0 Å². The largest absolute Gasteiger partial charge is 0.390 e. The summed E-state index contributed by atoms with van der Waals surface area (Å²) in [5, 5.41) is 8.63. The standard InChI is InChI=1S/C6H14NO3S/c1-6(2)7(3,4-5-8)11(6,9)10/h8H,4-5H2,1-3H3/q+1. The minimum Gasteiger partial charge on any atom is -0.390 e. The first-order valence-electron chi connectivity index (χ1n) is 3.52. The zero-order chi connectivity index (χ0) is 8.91. The van der Waals surface area contributed by atoms with Crippen molar-refractivity contribution in [3.63, 3.8) is 0 Å². The average molecular weight is 180 g/mol. The van der Waals surface area contributed by atoms with E-state index >= 15 is 0 Å². The second kappa shape index (κ2) is 1.97. The summed E-state index contributed by atoms with van der Waals surface area (Å²) in [5.41, 5.74) is 0. The Hall–Kier alpha value is -0.130. The molecule has 0 aliphatic carbocycles. The Morgan fingerprint density at radius 2 is 1.82 bits per heavy atom. The van der Waals surface area contributed by atoms with Gasteiger partial charge in [0.1, 0.15) is 6.54 Å². The van der Waals surface area contributed by atoms with Crippen molar-refractivity contribution in [1.82, 2.24) is 0 Å². The predicted octanol–water partition coefficient (Wildman–Crippen LogP) is -0.495. The summed E-state index contributed by atoms with van der Waals surface area (Å²) in [6.07, 6.45) is 0. The van der Waals surface area contributed by atoms with E-state index in [4.69, 9.17) is 5.11 Å². The average Bonchev–Trinajstić information content (AvgIpc) is 2.12. The molecule has 1 heterocycles. The van der Waals surface area contributed by atoms with E-state index in [-0.39, 0.29) is 17.0 Å². The van der Waals surface area contributed by atoms with Crippen LogP contribution in [0.3, 0.4) is 0 Å². The van der Waals surface area contributed by atoms with E-state index in [0.29, 0.717) is 0 Å². The van der Waals surface area contributed by atoms with Crippen LogP contribution >= 0.6 is 0 Å². The molecule has 0 radical (unpaired) electrons. The molecule has 0 amide bonds. The van der Waals surface area contributed by atoms with Crippen molar-refractivity contribution in [3.05, 3.63) is 0 Å². The second-order valence-corrected chi connectivity index (χ2v) is 6.23. The predicted molar refractivity (Wildman–Crippen MR) is 41.1 cm³/mol. The van der Waals surface area contributed by atoms with Gasteiger partial charge < -0.3 is 5.11 Å². The molecule has 0 bridgehead atoms. The summed E-state index contributed by atoms with van der Waals surface area (Å²) < 4.78 is 22.6. The lowest BCUT2D eigenvalue weighted by molar-refractivity contribution is -0.750. The molecule has 1 fully saturated rings. The lowest BCUT2D eigenvalue weighted by atomic mass is 10.3. The van der Waals surface area contributed by atoms with Crippen LogP contribution in [0.15, 0.2) is 0 Å². The highest BCUT2D eigenvalue weighted by Gasteiger charge is 2.78. The topological polar surface area (TPSA) is 54.4 Å². The maximum absolute atomic E-state index is 11.3. The van der Waals surface area contributed by atoms with E-state index in [2.05, 4.69) is 0 Å². The van der Waals surface area contributed by atoms with Gasteiger partial charge in [0.2, 0.25) is 0 Å². The van der Waals surface area contributed by atoms with E-state index < -0.39 is 14.9 Å². The molecule has 1 unspecified atom stereocenters. The van der Waals surface area contributed by atoms with Crippen LogP contribution in [0.2, 0.25) is 0 Å². The Bertz CT molecular complexity index is 270. The normalized spacial score (nSPS) is 38.5. The van der Waals surface area contributed by atoms with Crippen molar-refractivity contribution in [2.75, 3.05) is 20.2 Å². The van der Waals surface area contributed by atoms with Gasteiger partial charge in [-0.15, -0.1) is 0 Å². The highest BCUT2D eigenvalue weighted by molar-refractivity contribution is 7.92. The number of hydrogen-bond acceptors (Lipinski definition) is 3. The molecule has 4 nitrogen and oxygen atoms in total. The Balaban J connectivity index is 2.97. The number of nitrogens with zero attached hydrogens (tertiary/aromatic N) is 1. The van der Waals surface area contributed by atoms with Crippen LogP contribution in [-0.2, 0) is 10.0 Å². The molecule has 0 aromatic heterocycles. The Morgan fingerprint density at radius 1 is 1.45 bits per heavy atom. The van der Waals surface area contributed by atoms with E-state index in [0.717, 1.165) is 0 Å². The van der Waals surface area contributed by atoms with Gasteiger partial charge in [-0.1, -0.05) is 0 Å². The van der Waals surface area contributed by atoms with Gasteiger partial charge in [0.05, 0.1) is 13.7 Å². The molecule has 1 rings (SSSR count). The number of aliphatic hydroxyl groups excluding tert-OH is 1. The maximum Gasteiger partial charge on any atom is 0.355 e. The summed E-state index contributed by atoms with van der Waals surface area (Å²) in [7, 11) is -1.39. The Labute approximate surface area is 67.1 Å². The molecular formula is C6H14NO3S+. The van der Waals surface area contributed by atoms with Crippen molar-refractivity contribution in [2.45, 2.75) is 18.7 Å². The third-order valence-electron chi connectivity index (χ3n) is 2.80. The molecule has 11 heavy (non-hydrogen) atoms. The maximum atomic E-state index is 11.3. The summed E-state index contributed by atoms with van der Waals surface area (Å²) in [6.45, 7) is 3.56. The van der Waals surface area contributed by atoms with Gasteiger partial charge in [0, 0.05) is 13.8 Å². The van der Waals surface area contributed by atoms with E-state index in [1.165, 1.54) is 0 Å². The van der Waals surface area contributed by atoms with Crippen molar-refractivity contribution in [3.8, 4) is 0 Å². The van der Waals surface area contributed by atoms with Gasteiger partial charge in [-0.05, 0) is 0 Å². The first kappa shape index (κ1) is 8.96. The Kier molecular flexibility index (Phi) is 1.60. The van der Waals surface area contributed by atoms with Gasteiger partial charge in [0.15, 0.2) is 0 Å². The fraction of sp³-hybridized carbons (Fsp3) is 1.00. The Morgan fingerprint density at radius 3 is 1.91 bits per heavy atom. The fourth-order valence-corrected chi connectivity index (χ4v) is 3.51. The number of aliphatic hydroxyl groups is 1. The lowest BCUT2D eigenvalue weighted by Gasteiger charge is -2.08. The molecular weight excluding hydrogens is 166 g/mol. The van der Waals surface area contributed by atoms with Crippen LogP contribution in [0.4, 0.5) is 0 Å². The summed E-state index contributed by atoms with van der Waals surface area (Å²) in [5.74, 6) is 0. The van der Waals surface area contributed by atoms with Crippen LogP contribution in [-0.4, -0.2) is 42.5 Å². The van der Waals surface area contributed by atoms with E-state index in [1.54, 1.807) is 20.9 Å². The molecule has 5 heteroatoms. The molecule has 0 saturated carbocycles. The van der Waals surface area contributed by atoms with Crippen LogP contribution in [0.25, 0.3) is 0 Å². The van der Waals surface area contributed by atoms with Gasteiger partial charge in [0.25, 0.3) is 4.87 Å². The summed E-state index contributed by atoms with van der Waals surface area (Å²) >= 11 is 0. The van der Waals surface area contributed by atoms with Gasteiger partial charge in [-0.25, -0.2) is 0 Å². The number of rotatable bonds is 2. The number of hydrogen-bond donors (Lipinski definition) is 1. The zero-order valence-corrected chi connectivity index (χ0v) is 7.85. The van der Waals surface area contributed by atoms with E-state index in [1.807, 2.05) is 0 Å². The first-order valence-corrected chi connectivity index (χ1v) is 4.96. The number of quaternary nitrogens is 1. The number of sulfonamides is 1. The molecule has 0 aromatic rings. The van der Waals surface area contributed by atoms with Crippen molar-refractivity contribution < 1.29 is 17.4 Å². The quantitative estimate of drug-likeness (QED) is 0.460. The summed E-state index contributed by atoms with van der Waals surface area (Å²) in [4.78, 5) is -0.699. The SMILES string of the molecule is CC1(C)[N+](C)(CCO)S1(=O)=O. The van der Waals surface area contributed by atoms with E-state index in [9.17, 15) is 8.42 Å². The molecule has 1 saturated heterocycles. The highest BCUT2D eigenvalue weighted by Crippen LogP contribution is 2.50. The van der Waals surface area contributed by atoms with Gasteiger partial charge in [-0.2, -0.15) is 12.3 Å². The monoisotopic (exact) mass is 180 g/mol. The second-order valence-electron chi connectivity index (χ2n) is 3.47. The minimum atomic E-state index is -3.02. The van der Waals surface area contributed by atoms with Crippen molar-refractivity contribution >= 4 is 10.0 Å². The van der Waals surface area contributed by atoms with Crippen molar-refractivity contribution in [2.24, 2.45) is 0 Å². The van der Waals surface area contributed by atoms with Crippen LogP contribution in [0, 0.1) is 0 Å². The smallest absolute Gasteiger partial charge is 0.355 e. The molecule has 0 spiro atoms. The van der Waals surface area contributed by atoms with Crippen LogP contribution < -0.4 is 0 Å². The molecule has 0 aromatic carbocycles. The zero-order valence-electron chi connectivity index (χ0n) is 7.03. The molecule has 1 aliphatic heterocycles. The minimum absolute atomic E-state index is 0.0312. The van der Waals surface area contributed by atoms with Crippen molar-refractivity contribution in [1.29, 1.82) is 0 Å². The molecule has 1 aliphatic rings.